The highest BCUT2D eigenvalue weighted by atomic mass is 35.5. The highest BCUT2D eigenvalue weighted by molar-refractivity contribution is 6.24. The minimum atomic E-state index is -0.969. The van der Waals surface area contributed by atoms with E-state index in [-0.39, 0.29) is 54.7 Å². The van der Waals surface area contributed by atoms with E-state index in [1.54, 1.807) is 18.2 Å². The quantitative estimate of drug-likeness (QED) is 0.381. The molecule has 0 spiro atoms. The molecule has 3 aliphatic rings. The topological polar surface area (TPSA) is 108 Å². The van der Waals surface area contributed by atoms with Crippen LogP contribution in [0.2, 0.25) is 0 Å². The smallest absolute Gasteiger partial charge is 0.266 e. The first-order chi connectivity index (χ1) is 15.6. The number of rotatable bonds is 9. The SMILES string of the molecule is Cl.Cl.O=C1CCC(N2C(=O)c3cccc(OCCCCCCN4CCNCC4)c3C2=O)C(=O)N1. The fourth-order valence-electron chi connectivity index (χ4n) is 4.51. The van der Waals surface area contributed by atoms with E-state index in [4.69, 9.17) is 4.74 Å². The van der Waals surface area contributed by atoms with E-state index in [9.17, 15) is 19.2 Å². The number of nitrogens with one attached hydrogen (secondary N) is 2. The zero-order chi connectivity index (χ0) is 22.5. The maximum atomic E-state index is 13.0. The fraction of sp³-hybridized carbons (Fsp3) is 0.565. The Labute approximate surface area is 211 Å². The van der Waals surface area contributed by atoms with Gasteiger partial charge in [0.1, 0.15) is 11.8 Å². The van der Waals surface area contributed by atoms with Crippen LogP contribution < -0.4 is 15.4 Å². The monoisotopic (exact) mass is 514 g/mol. The summed E-state index contributed by atoms with van der Waals surface area (Å²) >= 11 is 0. The number of amides is 4. The molecule has 3 heterocycles. The van der Waals surface area contributed by atoms with Gasteiger partial charge < -0.3 is 15.0 Å². The van der Waals surface area contributed by atoms with Crippen LogP contribution in [0, 0.1) is 0 Å². The summed E-state index contributed by atoms with van der Waals surface area (Å²) in [6, 6.07) is 3.97. The molecule has 4 amide bonds. The number of fused-ring (bicyclic) bond motifs is 1. The number of carbonyl (C=O) groups is 4. The molecule has 1 aromatic rings. The van der Waals surface area contributed by atoms with Gasteiger partial charge in [-0.05, 0) is 37.9 Å². The summed E-state index contributed by atoms with van der Waals surface area (Å²) in [4.78, 5) is 52.9. The number of piperazine rings is 1. The van der Waals surface area contributed by atoms with E-state index in [2.05, 4.69) is 15.5 Å². The van der Waals surface area contributed by atoms with Crippen LogP contribution in [0.15, 0.2) is 18.2 Å². The van der Waals surface area contributed by atoms with Crippen LogP contribution in [-0.4, -0.2) is 78.8 Å². The number of hydrogen-bond acceptors (Lipinski definition) is 7. The van der Waals surface area contributed by atoms with Crippen molar-refractivity contribution in [2.45, 2.75) is 44.6 Å². The lowest BCUT2D eigenvalue weighted by atomic mass is 10.0. The van der Waals surface area contributed by atoms with Crippen LogP contribution in [0.4, 0.5) is 0 Å². The summed E-state index contributed by atoms with van der Waals surface area (Å²) in [7, 11) is 0. The molecule has 9 nitrogen and oxygen atoms in total. The number of unbranched alkanes of at least 4 members (excludes halogenated alkanes) is 3. The van der Waals surface area contributed by atoms with E-state index >= 15 is 0 Å². The zero-order valence-electron chi connectivity index (χ0n) is 19.0. The summed E-state index contributed by atoms with van der Waals surface area (Å²) in [5, 5.41) is 5.56. The molecule has 34 heavy (non-hydrogen) atoms. The first kappa shape index (κ1) is 28.0. The van der Waals surface area contributed by atoms with Gasteiger partial charge in [-0.1, -0.05) is 18.9 Å². The van der Waals surface area contributed by atoms with Gasteiger partial charge >= 0.3 is 0 Å². The molecule has 0 aromatic heterocycles. The van der Waals surface area contributed by atoms with E-state index in [0.29, 0.717) is 12.4 Å². The first-order valence-electron chi connectivity index (χ1n) is 11.5. The standard InChI is InChI=1S/C23H30N4O5.2ClH/c28-19-9-8-17(21(29)25-19)27-22(30)16-6-5-7-18(20(16)23(27)31)32-15-4-2-1-3-12-26-13-10-24-11-14-26;;/h5-7,17,24H,1-4,8-15H2,(H,25,28,29);2*1H. The van der Waals surface area contributed by atoms with Gasteiger partial charge in [0.05, 0.1) is 17.7 Å². The number of nitrogens with zero attached hydrogens (tertiary/aromatic N) is 2. The molecular formula is C23H32Cl2N4O5. The third kappa shape index (κ3) is 6.27. The van der Waals surface area contributed by atoms with Crippen molar-refractivity contribution in [2.75, 3.05) is 39.3 Å². The van der Waals surface area contributed by atoms with Crippen molar-refractivity contribution in [1.82, 2.24) is 20.4 Å². The largest absolute Gasteiger partial charge is 0.493 e. The van der Waals surface area contributed by atoms with Gasteiger partial charge in [-0.25, -0.2) is 0 Å². The third-order valence-electron chi connectivity index (χ3n) is 6.27. The predicted molar refractivity (Wildman–Crippen MR) is 131 cm³/mol. The zero-order valence-corrected chi connectivity index (χ0v) is 20.7. The molecule has 3 aliphatic heterocycles. The third-order valence-corrected chi connectivity index (χ3v) is 6.27. The first-order valence-corrected chi connectivity index (χ1v) is 11.5. The van der Waals surface area contributed by atoms with Crippen LogP contribution in [0.1, 0.15) is 59.2 Å². The Morgan fingerprint density at radius 1 is 0.941 bits per heavy atom. The Morgan fingerprint density at radius 2 is 1.68 bits per heavy atom. The lowest BCUT2D eigenvalue weighted by Gasteiger charge is -2.27. The Bertz CT molecular complexity index is 907. The average molecular weight is 515 g/mol. The molecule has 1 atom stereocenters. The van der Waals surface area contributed by atoms with Crippen molar-refractivity contribution in [3.05, 3.63) is 29.3 Å². The normalized spacial score (nSPS) is 20.4. The second kappa shape index (κ2) is 13.0. The van der Waals surface area contributed by atoms with Crippen molar-refractivity contribution in [1.29, 1.82) is 0 Å². The van der Waals surface area contributed by atoms with Crippen LogP contribution in [0.25, 0.3) is 0 Å². The number of halogens is 2. The lowest BCUT2D eigenvalue weighted by molar-refractivity contribution is -0.136. The van der Waals surface area contributed by atoms with Crippen LogP contribution >= 0.6 is 24.8 Å². The lowest BCUT2D eigenvalue weighted by Crippen LogP contribution is -2.54. The summed E-state index contributed by atoms with van der Waals surface area (Å²) in [6.07, 6.45) is 4.43. The minimum absolute atomic E-state index is 0. The number of imide groups is 2. The van der Waals surface area contributed by atoms with Gasteiger partial charge in [-0.15, -0.1) is 24.8 Å². The summed E-state index contributed by atoms with van der Waals surface area (Å²) in [6.45, 7) is 5.95. The molecule has 2 saturated heterocycles. The molecule has 0 saturated carbocycles. The molecule has 4 rings (SSSR count). The van der Waals surface area contributed by atoms with Crippen LogP contribution in [0.3, 0.4) is 0 Å². The Morgan fingerprint density at radius 3 is 2.41 bits per heavy atom. The van der Waals surface area contributed by atoms with E-state index in [0.717, 1.165) is 63.3 Å². The van der Waals surface area contributed by atoms with Crippen molar-refractivity contribution < 1.29 is 23.9 Å². The Hall–Kier alpha value is -2.20. The van der Waals surface area contributed by atoms with Crippen molar-refractivity contribution in [3.8, 4) is 5.75 Å². The molecule has 11 heteroatoms. The van der Waals surface area contributed by atoms with Gasteiger partial charge in [0.15, 0.2) is 0 Å². The van der Waals surface area contributed by atoms with Gasteiger partial charge in [-0.3, -0.25) is 29.4 Å². The Kier molecular flexibility index (Phi) is 10.8. The second-order valence-electron chi connectivity index (χ2n) is 8.48. The minimum Gasteiger partial charge on any atom is -0.493 e. The number of benzene rings is 1. The fourth-order valence-corrected chi connectivity index (χ4v) is 4.51. The predicted octanol–water partition coefficient (Wildman–Crippen LogP) is 1.78. The van der Waals surface area contributed by atoms with Crippen LogP contribution in [0.5, 0.6) is 5.75 Å². The van der Waals surface area contributed by atoms with Gasteiger partial charge in [0, 0.05) is 32.6 Å². The van der Waals surface area contributed by atoms with E-state index < -0.39 is 23.8 Å². The van der Waals surface area contributed by atoms with Gasteiger partial charge in [-0.2, -0.15) is 0 Å². The highest BCUT2D eigenvalue weighted by Crippen LogP contribution is 2.33. The maximum absolute atomic E-state index is 13.0. The summed E-state index contributed by atoms with van der Waals surface area (Å²) in [5.74, 6) is -1.68. The van der Waals surface area contributed by atoms with Crippen molar-refractivity contribution in [2.24, 2.45) is 0 Å². The molecule has 2 N–H and O–H groups in total. The molecule has 1 unspecified atom stereocenters. The summed E-state index contributed by atoms with van der Waals surface area (Å²) in [5.41, 5.74) is 0.453. The van der Waals surface area contributed by atoms with E-state index in [1.165, 1.54) is 0 Å². The van der Waals surface area contributed by atoms with Gasteiger partial charge in [0.2, 0.25) is 11.8 Å². The van der Waals surface area contributed by atoms with Gasteiger partial charge in [0.25, 0.3) is 11.8 Å². The number of piperidine rings is 1. The number of carbonyl (C=O) groups excluding carboxylic acids is 4. The summed E-state index contributed by atoms with van der Waals surface area (Å²) < 4.78 is 5.87. The number of ether oxygens (including phenoxy) is 1. The molecule has 2 fully saturated rings. The average Bonchev–Trinajstić information content (AvgIpc) is 3.05. The van der Waals surface area contributed by atoms with E-state index in [1.807, 2.05) is 0 Å². The maximum Gasteiger partial charge on any atom is 0.266 e. The molecule has 188 valence electrons. The molecular weight excluding hydrogens is 483 g/mol. The second-order valence-corrected chi connectivity index (χ2v) is 8.48. The van der Waals surface area contributed by atoms with Crippen molar-refractivity contribution >= 4 is 48.4 Å². The number of hydrogen-bond donors (Lipinski definition) is 2. The molecule has 0 radical (unpaired) electrons. The molecule has 1 aromatic carbocycles. The molecule has 0 bridgehead atoms. The van der Waals surface area contributed by atoms with Crippen molar-refractivity contribution in [3.63, 3.8) is 0 Å². The molecule has 0 aliphatic carbocycles. The van der Waals surface area contributed by atoms with Crippen LogP contribution in [-0.2, 0) is 9.59 Å². The Balaban J connectivity index is 0.00000204. The highest BCUT2D eigenvalue weighted by Gasteiger charge is 2.45.